The molecule has 0 bridgehead atoms. The van der Waals surface area contributed by atoms with Crippen LogP contribution in [0.25, 0.3) is 0 Å². The maximum atomic E-state index is 12.1. The molecule has 18 heavy (non-hydrogen) atoms. The summed E-state index contributed by atoms with van der Waals surface area (Å²) in [5.74, 6) is -1.71. The van der Waals surface area contributed by atoms with Crippen molar-refractivity contribution in [1.29, 1.82) is 0 Å². The van der Waals surface area contributed by atoms with Crippen LogP contribution in [0.3, 0.4) is 0 Å². The zero-order chi connectivity index (χ0) is 12.8. The lowest BCUT2D eigenvalue weighted by Gasteiger charge is -2.07. The Hall–Kier alpha value is -1.55. The minimum absolute atomic E-state index is 0.474. The van der Waals surface area contributed by atoms with Gasteiger partial charge in [0, 0.05) is 4.90 Å². The van der Waals surface area contributed by atoms with Gasteiger partial charge < -0.3 is 4.74 Å². The summed E-state index contributed by atoms with van der Waals surface area (Å²) in [7, 11) is 0. The highest BCUT2D eigenvalue weighted by Gasteiger charge is 2.04. The topological polar surface area (TPSA) is 9.23 Å². The summed E-state index contributed by atoms with van der Waals surface area (Å²) in [4.78, 5) is 0.539. The van der Waals surface area contributed by atoms with Gasteiger partial charge in [0.05, 0.1) is 0 Å². The molecule has 0 spiro atoms. The van der Waals surface area contributed by atoms with E-state index >= 15 is 0 Å². The van der Waals surface area contributed by atoms with Crippen LogP contribution in [0.15, 0.2) is 59.5 Å². The number of rotatable bonds is 5. The van der Waals surface area contributed by atoms with E-state index in [2.05, 4.69) is 0 Å². The van der Waals surface area contributed by atoms with Gasteiger partial charge in [-0.1, -0.05) is 42.1 Å². The molecule has 0 unspecified atom stereocenters. The number of ether oxygens (including phenoxy) is 1. The lowest BCUT2D eigenvalue weighted by Crippen LogP contribution is -1.94. The summed E-state index contributed by atoms with van der Waals surface area (Å²) >= 11 is 0.533. The van der Waals surface area contributed by atoms with Crippen LogP contribution in [-0.4, -0.2) is 5.76 Å². The predicted octanol–water partition coefficient (Wildman–Crippen LogP) is 4.58. The Labute approximate surface area is 109 Å². The Morgan fingerprint density at radius 1 is 0.944 bits per heavy atom. The minimum atomic E-state index is -2.39. The van der Waals surface area contributed by atoms with Crippen molar-refractivity contribution in [3.8, 4) is 5.75 Å². The van der Waals surface area contributed by atoms with E-state index in [4.69, 9.17) is 4.74 Å². The lowest BCUT2D eigenvalue weighted by atomic mass is 10.2. The Kier molecular flexibility index (Phi) is 4.59. The molecule has 0 heterocycles. The summed E-state index contributed by atoms with van der Waals surface area (Å²) in [5, 5.41) is 0. The standard InChI is InChI=1S/C14H12F2OS/c15-14(16)18-13-8-6-12(7-9-13)17-10-11-4-2-1-3-5-11/h1-9,14H,10H2. The Morgan fingerprint density at radius 3 is 2.22 bits per heavy atom. The summed E-state index contributed by atoms with van der Waals surface area (Å²) in [6.45, 7) is 0.474. The highest BCUT2D eigenvalue weighted by Crippen LogP contribution is 2.26. The first-order valence-corrected chi connectivity index (χ1v) is 6.33. The molecule has 0 N–H and O–H groups in total. The molecule has 1 nitrogen and oxygen atoms in total. The molecular formula is C14H12F2OS. The second kappa shape index (κ2) is 6.40. The highest BCUT2D eigenvalue weighted by molar-refractivity contribution is 7.99. The van der Waals surface area contributed by atoms with Gasteiger partial charge in [-0.2, -0.15) is 8.78 Å². The number of hydrogen-bond donors (Lipinski definition) is 0. The van der Waals surface area contributed by atoms with E-state index in [0.717, 1.165) is 5.56 Å². The van der Waals surface area contributed by atoms with Gasteiger partial charge in [-0.05, 0) is 29.8 Å². The molecule has 4 heteroatoms. The van der Waals surface area contributed by atoms with Crippen LogP contribution in [-0.2, 0) is 6.61 Å². The summed E-state index contributed by atoms with van der Waals surface area (Å²) < 4.78 is 29.8. The van der Waals surface area contributed by atoms with Gasteiger partial charge in [0.2, 0.25) is 0 Å². The highest BCUT2D eigenvalue weighted by atomic mass is 32.2. The molecular weight excluding hydrogens is 254 g/mol. The van der Waals surface area contributed by atoms with E-state index in [1.165, 1.54) is 0 Å². The molecule has 0 saturated heterocycles. The summed E-state index contributed by atoms with van der Waals surface area (Å²) in [6.07, 6.45) is 0. The van der Waals surface area contributed by atoms with Gasteiger partial charge in [-0.15, -0.1) is 0 Å². The number of thioether (sulfide) groups is 1. The predicted molar refractivity (Wildman–Crippen MR) is 69.1 cm³/mol. The van der Waals surface area contributed by atoms with Crippen LogP contribution in [0.2, 0.25) is 0 Å². The fourth-order valence-electron chi connectivity index (χ4n) is 1.46. The van der Waals surface area contributed by atoms with Crippen molar-refractivity contribution in [2.45, 2.75) is 17.3 Å². The second-order valence-electron chi connectivity index (χ2n) is 3.62. The first-order chi connectivity index (χ1) is 8.74. The van der Waals surface area contributed by atoms with Crippen molar-refractivity contribution in [2.24, 2.45) is 0 Å². The summed E-state index contributed by atoms with van der Waals surface area (Å²) in [5.41, 5.74) is 1.07. The first-order valence-electron chi connectivity index (χ1n) is 5.45. The van der Waals surface area contributed by atoms with Crippen molar-refractivity contribution < 1.29 is 13.5 Å². The molecule has 0 aliphatic heterocycles. The molecule has 0 aliphatic carbocycles. The van der Waals surface area contributed by atoms with Crippen molar-refractivity contribution in [2.75, 3.05) is 0 Å². The number of hydrogen-bond acceptors (Lipinski definition) is 2. The average molecular weight is 266 g/mol. The van der Waals surface area contributed by atoms with Crippen molar-refractivity contribution in [3.05, 3.63) is 60.2 Å². The third kappa shape index (κ3) is 4.04. The molecule has 0 aromatic heterocycles. The zero-order valence-electron chi connectivity index (χ0n) is 9.55. The Bertz CT molecular complexity index is 471. The van der Waals surface area contributed by atoms with Gasteiger partial charge in [0.1, 0.15) is 12.4 Å². The van der Waals surface area contributed by atoms with Crippen LogP contribution in [0, 0.1) is 0 Å². The molecule has 2 aromatic carbocycles. The number of alkyl halides is 2. The van der Waals surface area contributed by atoms with Crippen LogP contribution >= 0.6 is 11.8 Å². The SMILES string of the molecule is FC(F)Sc1ccc(OCc2ccccc2)cc1. The van der Waals surface area contributed by atoms with E-state index in [9.17, 15) is 8.78 Å². The fraction of sp³-hybridized carbons (Fsp3) is 0.143. The van der Waals surface area contributed by atoms with E-state index in [0.29, 0.717) is 29.0 Å². The fourth-order valence-corrected chi connectivity index (χ4v) is 1.96. The van der Waals surface area contributed by atoms with E-state index in [1.807, 2.05) is 30.3 Å². The third-order valence-corrected chi connectivity index (χ3v) is 3.02. The van der Waals surface area contributed by atoms with Gasteiger partial charge in [-0.3, -0.25) is 0 Å². The molecule has 0 radical (unpaired) electrons. The third-order valence-electron chi connectivity index (χ3n) is 2.30. The second-order valence-corrected chi connectivity index (χ2v) is 4.69. The maximum absolute atomic E-state index is 12.1. The van der Waals surface area contributed by atoms with Crippen LogP contribution in [0.5, 0.6) is 5.75 Å². The van der Waals surface area contributed by atoms with Gasteiger partial charge in [0.25, 0.3) is 5.76 Å². The molecule has 94 valence electrons. The minimum Gasteiger partial charge on any atom is -0.489 e. The number of halogens is 2. The Balaban J connectivity index is 1.90. The first kappa shape index (κ1) is 12.9. The van der Waals surface area contributed by atoms with Gasteiger partial charge in [-0.25, -0.2) is 0 Å². The quantitative estimate of drug-likeness (QED) is 0.732. The van der Waals surface area contributed by atoms with E-state index < -0.39 is 5.76 Å². The van der Waals surface area contributed by atoms with Crippen molar-refractivity contribution in [1.82, 2.24) is 0 Å². The average Bonchev–Trinajstić information content (AvgIpc) is 2.38. The zero-order valence-corrected chi connectivity index (χ0v) is 10.4. The van der Waals surface area contributed by atoms with Gasteiger partial charge in [0.15, 0.2) is 0 Å². The largest absolute Gasteiger partial charge is 0.489 e. The number of benzene rings is 2. The van der Waals surface area contributed by atoms with Gasteiger partial charge >= 0.3 is 0 Å². The molecule has 0 fully saturated rings. The van der Waals surface area contributed by atoms with Crippen molar-refractivity contribution >= 4 is 11.8 Å². The van der Waals surface area contributed by atoms with Crippen LogP contribution in [0.4, 0.5) is 8.78 Å². The normalized spacial score (nSPS) is 10.6. The molecule has 0 amide bonds. The summed E-state index contributed by atoms with van der Waals surface area (Å²) in [6, 6.07) is 16.5. The molecule has 0 aliphatic rings. The van der Waals surface area contributed by atoms with Crippen LogP contribution in [0.1, 0.15) is 5.56 Å². The van der Waals surface area contributed by atoms with Crippen molar-refractivity contribution in [3.63, 3.8) is 0 Å². The Morgan fingerprint density at radius 2 is 1.61 bits per heavy atom. The monoisotopic (exact) mass is 266 g/mol. The van der Waals surface area contributed by atoms with E-state index in [-0.39, 0.29) is 0 Å². The van der Waals surface area contributed by atoms with Crippen LogP contribution < -0.4 is 4.74 Å². The molecule has 2 rings (SSSR count). The molecule has 0 saturated carbocycles. The lowest BCUT2D eigenvalue weighted by molar-refractivity contribution is 0.252. The van der Waals surface area contributed by atoms with E-state index in [1.54, 1.807) is 24.3 Å². The molecule has 2 aromatic rings. The molecule has 0 atom stereocenters. The maximum Gasteiger partial charge on any atom is 0.288 e. The smallest absolute Gasteiger partial charge is 0.288 e.